The highest BCUT2D eigenvalue weighted by atomic mass is 32.2. The molecule has 0 unspecified atom stereocenters. The fourth-order valence-corrected chi connectivity index (χ4v) is 4.02. The van der Waals surface area contributed by atoms with E-state index in [9.17, 15) is 26.4 Å². The molecule has 1 aliphatic rings. The summed E-state index contributed by atoms with van der Waals surface area (Å²) in [4.78, 5) is 15.5. The summed E-state index contributed by atoms with van der Waals surface area (Å²) in [5, 5.41) is 12.4. The van der Waals surface area contributed by atoms with E-state index in [4.69, 9.17) is 4.74 Å². The average molecular weight is 507 g/mol. The van der Waals surface area contributed by atoms with Gasteiger partial charge in [-0.25, -0.2) is 13.2 Å². The second-order valence-corrected chi connectivity index (χ2v) is 9.89. The predicted octanol–water partition coefficient (Wildman–Crippen LogP) is 3.59. The minimum Gasteiger partial charge on any atom is -0.446 e. The third-order valence-electron chi connectivity index (χ3n) is 4.73. The fourth-order valence-electron chi connectivity index (χ4n) is 3.47. The largest absolute Gasteiger partial charge is 0.574 e. The maximum atomic E-state index is 12.7. The van der Waals surface area contributed by atoms with Crippen LogP contribution in [0.4, 0.5) is 35.3 Å². The number of nitrogens with one attached hydrogen (secondary N) is 4. The average Bonchev–Trinajstić information content (AvgIpc) is 3.30. The first kappa shape index (κ1) is 25.4. The number of aromatic nitrogens is 3. The Morgan fingerprint density at radius 3 is 2.62 bits per heavy atom. The summed E-state index contributed by atoms with van der Waals surface area (Å²) in [6.07, 6.45) is -2.95. The van der Waals surface area contributed by atoms with Crippen molar-refractivity contribution in [2.45, 2.75) is 57.5 Å². The zero-order valence-corrected chi connectivity index (χ0v) is 19.4. The predicted molar refractivity (Wildman–Crippen MR) is 116 cm³/mol. The lowest BCUT2D eigenvalue weighted by atomic mass is 10.0. The molecule has 0 bridgehead atoms. The molecule has 0 aliphatic heterocycles. The van der Waals surface area contributed by atoms with Gasteiger partial charge >= 0.3 is 12.5 Å². The monoisotopic (exact) mass is 506 g/mol. The van der Waals surface area contributed by atoms with Gasteiger partial charge in [0.05, 0.1) is 6.26 Å². The number of H-pyrrole nitrogens is 1. The fraction of sp³-hybridized carbons (Fsp3) is 0.526. The molecule has 2 aromatic rings. The summed E-state index contributed by atoms with van der Waals surface area (Å²) in [6, 6.07) is 4.01. The van der Waals surface area contributed by atoms with Crippen LogP contribution in [0.3, 0.4) is 0 Å². The van der Waals surface area contributed by atoms with Crippen molar-refractivity contribution in [3.8, 4) is 5.88 Å². The van der Waals surface area contributed by atoms with Crippen molar-refractivity contribution in [3.63, 3.8) is 0 Å². The smallest absolute Gasteiger partial charge is 0.446 e. The molecule has 2 aromatic heterocycles. The number of carbonyl (C=O) groups is 1. The van der Waals surface area contributed by atoms with E-state index < -0.39 is 34.0 Å². The van der Waals surface area contributed by atoms with E-state index in [1.165, 1.54) is 6.07 Å². The maximum absolute atomic E-state index is 12.7. The first-order valence-electron chi connectivity index (χ1n) is 10.3. The molecule has 15 heteroatoms. The first-order valence-corrected chi connectivity index (χ1v) is 12.2. The van der Waals surface area contributed by atoms with E-state index in [2.05, 4.69) is 30.6 Å². The Morgan fingerprint density at radius 1 is 1.24 bits per heavy atom. The summed E-state index contributed by atoms with van der Waals surface area (Å²) in [5.74, 6) is -0.673. The van der Waals surface area contributed by atoms with Crippen molar-refractivity contribution in [2.75, 3.05) is 16.3 Å². The maximum Gasteiger partial charge on any atom is 0.574 e. The third kappa shape index (κ3) is 7.67. The molecule has 1 aliphatic carbocycles. The van der Waals surface area contributed by atoms with Gasteiger partial charge in [0.2, 0.25) is 15.9 Å². The molecule has 2 atom stereocenters. The van der Waals surface area contributed by atoms with E-state index in [0.717, 1.165) is 24.4 Å². The molecule has 0 saturated heterocycles. The van der Waals surface area contributed by atoms with Crippen LogP contribution in [0, 0.1) is 0 Å². The van der Waals surface area contributed by atoms with E-state index in [1.54, 1.807) is 6.07 Å². The number of aromatic amines is 1. The van der Waals surface area contributed by atoms with Crippen LogP contribution in [0.15, 0.2) is 18.2 Å². The van der Waals surface area contributed by atoms with Gasteiger partial charge in [-0.3, -0.25) is 9.82 Å². The zero-order valence-electron chi connectivity index (χ0n) is 18.6. The highest BCUT2D eigenvalue weighted by Crippen LogP contribution is 2.36. The van der Waals surface area contributed by atoms with Gasteiger partial charge in [0.15, 0.2) is 5.82 Å². The summed E-state index contributed by atoms with van der Waals surface area (Å²) in [6.45, 7) is 3.67. The van der Waals surface area contributed by atoms with Crippen LogP contribution < -0.4 is 20.1 Å². The van der Waals surface area contributed by atoms with Gasteiger partial charge in [0.25, 0.3) is 0 Å². The Bertz CT molecular complexity index is 1120. The van der Waals surface area contributed by atoms with E-state index >= 15 is 0 Å². The van der Waals surface area contributed by atoms with Gasteiger partial charge in [0, 0.05) is 23.7 Å². The van der Waals surface area contributed by atoms with Gasteiger partial charge in [-0.2, -0.15) is 10.1 Å². The molecule has 11 nitrogen and oxygen atoms in total. The van der Waals surface area contributed by atoms with Gasteiger partial charge < -0.3 is 20.1 Å². The molecule has 2 heterocycles. The van der Waals surface area contributed by atoms with Crippen molar-refractivity contribution >= 4 is 33.4 Å². The molecule has 3 rings (SSSR count). The number of alkyl halides is 3. The molecule has 4 N–H and O–H groups in total. The summed E-state index contributed by atoms with van der Waals surface area (Å²) < 4.78 is 72.3. The number of halogens is 3. The number of carbonyl (C=O) groups excluding carboxylic acids is 1. The highest BCUT2D eigenvalue weighted by molar-refractivity contribution is 7.92. The number of rotatable bonds is 8. The molecule has 0 radical (unpaired) electrons. The lowest BCUT2D eigenvalue weighted by Crippen LogP contribution is -2.33. The lowest BCUT2D eigenvalue weighted by molar-refractivity contribution is -0.275. The summed E-state index contributed by atoms with van der Waals surface area (Å²) in [5.41, 5.74) is 0.298. The van der Waals surface area contributed by atoms with Crippen LogP contribution in [0.25, 0.3) is 0 Å². The number of hydrogen-bond donors (Lipinski definition) is 4. The van der Waals surface area contributed by atoms with Crippen molar-refractivity contribution in [3.05, 3.63) is 23.9 Å². The molecule has 188 valence electrons. The normalized spacial score (nSPS) is 18.6. The molecule has 34 heavy (non-hydrogen) atoms. The lowest BCUT2D eigenvalue weighted by Gasteiger charge is -2.14. The molecular weight excluding hydrogens is 481 g/mol. The second-order valence-electron chi connectivity index (χ2n) is 8.14. The summed E-state index contributed by atoms with van der Waals surface area (Å²) in [7, 11) is -3.86. The SMILES string of the molecule is CC(C)NC(=O)O[C@@H]1CC[C@H](c2cc(Nc3ccc(NS(C)(=O)=O)c(OC(F)(F)F)n3)n[nH]2)C1. The molecule has 1 amide bonds. The number of ether oxygens (including phenoxy) is 2. The van der Waals surface area contributed by atoms with Crippen LogP contribution in [0.2, 0.25) is 0 Å². The minimum absolute atomic E-state index is 0.0298. The zero-order chi connectivity index (χ0) is 25.1. The second kappa shape index (κ2) is 9.95. The van der Waals surface area contributed by atoms with Crippen LogP contribution in [-0.4, -0.2) is 54.5 Å². The number of hydrogen-bond acceptors (Lipinski definition) is 8. The Hall–Kier alpha value is -3.23. The van der Waals surface area contributed by atoms with Gasteiger partial charge in [0.1, 0.15) is 17.6 Å². The van der Waals surface area contributed by atoms with Crippen LogP contribution in [-0.2, 0) is 14.8 Å². The molecule has 1 fully saturated rings. The molecular formula is C19H25F3N6O5S. The molecule has 0 spiro atoms. The van der Waals surface area contributed by atoms with E-state index in [1.807, 2.05) is 18.6 Å². The Balaban J connectivity index is 1.67. The summed E-state index contributed by atoms with van der Waals surface area (Å²) >= 11 is 0. The highest BCUT2D eigenvalue weighted by Gasteiger charge is 2.34. The van der Waals surface area contributed by atoms with Gasteiger partial charge in [-0.05, 0) is 45.2 Å². The van der Waals surface area contributed by atoms with Crippen molar-refractivity contribution in [2.24, 2.45) is 0 Å². The van der Waals surface area contributed by atoms with Gasteiger partial charge in [-0.1, -0.05) is 0 Å². The quantitative estimate of drug-likeness (QED) is 0.425. The topological polar surface area (TPSA) is 147 Å². The van der Waals surface area contributed by atoms with Crippen molar-refractivity contribution in [1.82, 2.24) is 20.5 Å². The van der Waals surface area contributed by atoms with Crippen molar-refractivity contribution < 1.29 is 35.9 Å². The number of alkyl carbamates (subject to hydrolysis) is 1. The Morgan fingerprint density at radius 2 is 1.97 bits per heavy atom. The molecule has 0 aromatic carbocycles. The number of amides is 1. The number of nitrogens with zero attached hydrogens (tertiary/aromatic N) is 2. The molecule has 1 saturated carbocycles. The van der Waals surface area contributed by atoms with E-state index in [-0.39, 0.29) is 29.7 Å². The Labute approximate surface area is 193 Å². The number of anilines is 3. The van der Waals surface area contributed by atoms with Crippen LogP contribution in [0.1, 0.15) is 44.7 Å². The number of sulfonamides is 1. The number of pyridine rings is 1. The third-order valence-corrected chi connectivity index (χ3v) is 5.32. The van der Waals surface area contributed by atoms with Crippen molar-refractivity contribution in [1.29, 1.82) is 0 Å². The van der Waals surface area contributed by atoms with E-state index in [0.29, 0.717) is 12.8 Å². The minimum atomic E-state index is -5.08. The Kier molecular flexibility index (Phi) is 7.43. The van der Waals surface area contributed by atoms with Crippen LogP contribution >= 0.6 is 0 Å². The first-order chi connectivity index (χ1) is 15.8. The van der Waals surface area contributed by atoms with Gasteiger partial charge in [-0.15, -0.1) is 13.2 Å². The van der Waals surface area contributed by atoms with Crippen LogP contribution in [0.5, 0.6) is 5.88 Å². The standard InChI is InChI=1S/C19H25F3N6O5S/c1-10(2)23-18(29)32-12-5-4-11(8-12)14-9-16(27-26-14)24-15-7-6-13(28-34(3,30)31)17(25-15)33-19(20,21)22/h6-7,9-12,28H,4-5,8H2,1-3H3,(H,23,29)(H2,24,25,26,27)/t11-,12+/m0/s1.